The van der Waals surface area contributed by atoms with E-state index in [0.29, 0.717) is 12.1 Å². The molecule has 108 valence electrons. The monoisotopic (exact) mass is 257 g/mol. The summed E-state index contributed by atoms with van der Waals surface area (Å²) in [6, 6.07) is 1.14. The third-order valence-electron chi connectivity index (χ3n) is 3.61. The van der Waals surface area contributed by atoms with E-state index in [1.54, 1.807) is 0 Å². The van der Waals surface area contributed by atoms with Crippen molar-refractivity contribution in [3.8, 4) is 0 Å². The average Bonchev–Trinajstić information content (AvgIpc) is 2.35. The molecule has 0 aromatic rings. The Balaban J connectivity index is 2.55. The fourth-order valence-corrected chi connectivity index (χ4v) is 2.64. The maximum atomic E-state index is 5.70. The molecule has 1 N–H and O–H groups in total. The number of ether oxygens (including phenoxy) is 1. The molecular weight excluding hydrogens is 226 g/mol. The topological polar surface area (TPSA) is 27.7 Å². The van der Waals surface area contributed by atoms with Gasteiger partial charge < -0.3 is 15.0 Å². The van der Waals surface area contributed by atoms with E-state index in [0.717, 1.165) is 39.3 Å². The highest BCUT2D eigenvalue weighted by Crippen LogP contribution is 2.15. The van der Waals surface area contributed by atoms with E-state index in [1.165, 1.54) is 13.0 Å². The first-order chi connectivity index (χ1) is 8.69. The van der Waals surface area contributed by atoms with Gasteiger partial charge in [0.2, 0.25) is 0 Å². The summed E-state index contributed by atoms with van der Waals surface area (Å²) < 4.78 is 5.70. The summed E-state index contributed by atoms with van der Waals surface area (Å²) in [6.45, 7) is 10.7. The van der Waals surface area contributed by atoms with Crippen LogP contribution in [0.2, 0.25) is 0 Å². The second-order valence-corrected chi connectivity index (χ2v) is 5.43. The van der Waals surface area contributed by atoms with E-state index in [2.05, 4.69) is 43.1 Å². The largest absolute Gasteiger partial charge is 0.380 e. The van der Waals surface area contributed by atoms with Gasteiger partial charge in [-0.25, -0.2) is 0 Å². The van der Waals surface area contributed by atoms with Crippen LogP contribution >= 0.6 is 0 Å². The zero-order chi connectivity index (χ0) is 13.4. The summed E-state index contributed by atoms with van der Waals surface area (Å²) in [7, 11) is 4.28. The zero-order valence-corrected chi connectivity index (χ0v) is 12.6. The van der Waals surface area contributed by atoms with Crippen LogP contribution < -0.4 is 5.32 Å². The minimum absolute atomic E-state index is 0.540. The van der Waals surface area contributed by atoms with Crippen molar-refractivity contribution in [1.82, 2.24) is 15.1 Å². The molecule has 18 heavy (non-hydrogen) atoms. The molecule has 2 atom stereocenters. The lowest BCUT2D eigenvalue weighted by Crippen LogP contribution is -2.56. The first kappa shape index (κ1) is 15.9. The predicted octanol–water partition coefficient (Wildman–Crippen LogP) is 1.03. The molecule has 0 spiro atoms. The van der Waals surface area contributed by atoms with Crippen molar-refractivity contribution in [3.05, 3.63) is 0 Å². The van der Waals surface area contributed by atoms with Gasteiger partial charge >= 0.3 is 0 Å². The standard InChI is InChI=1S/C14H31N3O/c1-5-8-17(10-9-16(3)4)14-12-18-11-7-13(14)15-6-2/h13-15H,5-12H2,1-4H3. The molecule has 0 aromatic carbocycles. The van der Waals surface area contributed by atoms with Crippen molar-refractivity contribution in [2.45, 2.75) is 38.8 Å². The van der Waals surface area contributed by atoms with Crippen molar-refractivity contribution >= 4 is 0 Å². The molecule has 1 aliphatic heterocycles. The molecule has 0 aliphatic carbocycles. The highest BCUT2D eigenvalue weighted by Gasteiger charge is 2.29. The van der Waals surface area contributed by atoms with Crippen LogP contribution in [0.1, 0.15) is 26.7 Å². The Bertz CT molecular complexity index is 209. The Labute approximate surface area is 113 Å². The van der Waals surface area contributed by atoms with Crippen molar-refractivity contribution in [1.29, 1.82) is 0 Å². The highest BCUT2D eigenvalue weighted by atomic mass is 16.5. The lowest BCUT2D eigenvalue weighted by molar-refractivity contribution is -0.00455. The van der Waals surface area contributed by atoms with Crippen LogP contribution in [0.3, 0.4) is 0 Å². The zero-order valence-electron chi connectivity index (χ0n) is 12.6. The molecule has 1 heterocycles. The van der Waals surface area contributed by atoms with E-state index in [-0.39, 0.29) is 0 Å². The summed E-state index contributed by atoms with van der Waals surface area (Å²) in [5.74, 6) is 0. The first-order valence-corrected chi connectivity index (χ1v) is 7.38. The van der Waals surface area contributed by atoms with Crippen molar-refractivity contribution in [2.24, 2.45) is 0 Å². The number of hydrogen-bond acceptors (Lipinski definition) is 4. The van der Waals surface area contributed by atoms with E-state index < -0.39 is 0 Å². The Kier molecular flexibility index (Phi) is 7.82. The molecule has 0 aromatic heterocycles. The second kappa shape index (κ2) is 8.86. The molecule has 1 aliphatic rings. The van der Waals surface area contributed by atoms with Gasteiger partial charge in [0.15, 0.2) is 0 Å². The van der Waals surface area contributed by atoms with Gasteiger partial charge in [-0.1, -0.05) is 13.8 Å². The van der Waals surface area contributed by atoms with E-state index in [4.69, 9.17) is 4.74 Å². The SMILES string of the molecule is CCCN(CCN(C)C)C1COCCC1NCC. The molecule has 4 heteroatoms. The number of rotatable bonds is 8. The van der Waals surface area contributed by atoms with E-state index >= 15 is 0 Å². The van der Waals surface area contributed by atoms with Gasteiger partial charge in [-0.3, -0.25) is 4.90 Å². The Morgan fingerprint density at radius 3 is 2.56 bits per heavy atom. The number of nitrogens with zero attached hydrogens (tertiary/aromatic N) is 2. The molecule has 1 rings (SSSR count). The fourth-order valence-electron chi connectivity index (χ4n) is 2.64. The van der Waals surface area contributed by atoms with E-state index in [1.807, 2.05) is 0 Å². The minimum Gasteiger partial charge on any atom is -0.380 e. The quantitative estimate of drug-likeness (QED) is 0.703. The van der Waals surface area contributed by atoms with Crippen LogP contribution in [0.15, 0.2) is 0 Å². The fraction of sp³-hybridized carbons (Fsp3) is 1.00. The summed E-state index contributed by atoms with van der Waals surface area (Å²) in [6.07, 6.45) is 2.35. The maximum absolute atomic E-state index is 5.70. The third kappa shape index (κ3) is 5.22. The van der Waals surface area contributed by atoms with Crippen molar-refractivity contribution < 1.29 is 4.74 Å². The Morgan fingerprint density at radius 1 is 1.17 bits per heavy atom. The van der Waals surface area contributed by atoms with Crippen LogP contribution in [0.25, 0.3) is 0 Å². The number of nitrogens with one attached hydrogen (secondary N) is 1. The molecule has 0 bridgehead atoms. The summed E-state index contributed by atoms with van der Waals surface area (Å²) in [5, 5.41) is 3.63. The van der Waals surface area contributed by atoms with Crippen LogP contribution in [0, 0.1) is 0 Å². The van der Waals surface area contributed by atoms with E-state index in [9.17, 15) is 0 Å². The van der Waals surface area contributed by atoms with Gasteiger partial charge in [0, 0.05) is 31.8 Å². The minimum atomic E-state index is 0.540. The predicted molar refractivity (Wildman–Crippen MR) is 77.1 cm³/mol. The molecule has 2 unspecified atom stereocenters. The van der Waals surface area contributed by atoms with Gasteiger partial charge in [-0.05, 0) is 40.0 Å². The molecule has 0 amide bonds. The van der Waals surface area contributed by atoms with Crippen LogP contribution in [-0.4, -0.2) is 75.4 Å². The highest BCUT2D eigenvalue weighted by molar-refractivity contribution is 4.87. The van der Waals surface area contributed by atoms with Gasteiger partial charge in [0.1, 0.15) is 0 Å². The van der Waals surface area contributed by atoms with Crippen LogP contribution in [-0.2, 0) is 4.74 Å². The van der Waals surface area contributed by atoms with Crippen LogP contribution in [0.4, 0.5) is 0 Å². The molecule has 0 saturated carbocycles. The lowest BCUT2D eigenvalue weighted by atomic mass is 10.0. The molecule has 1 fully saturated rings. The van der Waals surface area contributed by atoms with Gasteiger partial charge in [-0.15, -0.1) is 0 Å². The average molecular weight is 257 g/mol. The summed E-state index contributed by atoms with van der Waals surface area (Å²) >= 11 is 0. The van der Waals surface area contributed by atoms with Crippen molar-refractivity contribution in [3.63, 3.8) is 0 Å². The second-order valence-electron chi connectivity index (χ2n) is 5.43. The first-order valence-electron chi connectivity index (χ1n) is 7.38. The third-order valence-corrected chi connectivity index (χ3v) is 3.61. The lowest BCUT2D eigenvalue weighted by Gasteiger charge is -2.40. The molecular formula is C14H31N3O. The molecule has 0 radical (unpaired) electrons. The Morgan fingerprint density at radius 2 is 1.94 bits per heavy atom. The number of hydrogen-bond donors (Lipinski definition) is 1. The molecule has 1 saturated heterocycles. The van der Waals surface area contributed by atoms with Crippen molar-refractivity contribution in [2.75, 3.05) is 53.5 Å². The van der Waals surface area contributed by atoms with Gasteiger partial charge in [-0.2, -0.15) is 0 Å². The normalized spacial score (nSPS) is 25.0. The smallest absolute Gasteiger partial charge is 0.0637 e. The summed E-state index contributed by atoms with van der Waals surface area (Å²) in [4.78, 5) is 4.86. The maximum Gasteiger partial charge on any atom is 0.0637 e. The van der Waals surface area contributed by atoms with Gasteiger partial charge in [0.25, 0.3) is 0 Å². The van der Waals surface area contributed by atoms with Gasteiger partial charge in [0.05, 0.1) is 6.61 Å². The Hall–Kier alpha value is -0.160. The van der Waals surface area contributed by atoms with Crippen LogP contribution in [0.5, 0.6) is 0 Å². The number of likely N-dealkylation sites (N-methyl/N-ethyl adjacent to an activating group) is 2. The molecule has 4 nitrogen and oxygen atoms in total. The summed E-state index contributed by atoms with van der Waals surface area (Å²) in [5.41, 5.74) is 0.